The zero-order valence-electron chi connectivity index (χ0n) is 17.1. The summed E-state index contributed by atoms with van der Waals surface area (Å²) in [5.74, 6) is 0.588. The van der Waals surface area contributed by atoms with E-state index in [2.05, 4.69) is 4.98 Å². The summed E-state index contributed by atoms with van der Waals surface area (Å²) in [4.78, 5) is 23.7. The monoisotopic (exact) mass is 420 g/mol. The molecule has 7 heteroatoms. The first-order valence-corrected chi connectivity index (χ1v) is 10.7. The van der Waals surface area contributed by atoms with Gasteiger partial charge in [-0.25, -0.2) is 9.97 Å². The van der Waals surface area contributed by atoms with Crippen LogP contribution in [-0.2, 0) is 11.3 Å². The fraction of sp³-hybridized carbons (Fsp3) is 0.261. The molecule has 154 valence electrons. The number of aryl methyl sites for hydroxylation is 3. The molecule has 0 spiro atoms. The van der Waals surface area contributed by atoms with Crippen LogP contribution in [0.25, 0.3) is 10.2 Å². The molecule has 2 aromatic carbocycles. The average Bonchev–Trinajstić information content (AvgIpc) is 3.41. The van der Waals surface area contributed by atoms with Crippen LogP contribution in [0, 0.1) is 13.8 Å². The number of benzene rings is 2. The van der Waals surface area contributed by atoms with Crippen molar-refractivity contribution in [3.05, 3.63) is 72.3 Å². The summed E-state index contributed by atoms with van der Waals surface area (Å²) in [6.45, 7) is 5.38. The van der Waals surface area contributed by atoms with Gasteiger partial charge in [0, 0.05) is 25.5 Å². The van der Waals surface area contributed by atoms with Gasteiger partial charge in [0.1, 0.15) is 5.75 Å². The Morgan fingerprint density at radius 1 is 1.17 bits per heavy atom. The van der Waals surface area contributed by atoms with Crippen LogP contribution in [0.15, 0.2) is 61.2 Å². The first-order chi connectivity index (χ1) is 14.6. The van der Waals surface area contributed by atoms with E-state index in [9.17, 15) is 4.79 Å². The highest BCUT2D eigenvalue weighted by Crippen LogP contribution is 2.31. The first kappa shape index (κ1) is 20.1. The molecule has 2 heterocycles. The summed E-state index contributed by atoms with van der Waals surface area (Å²) in [6, 6.07) is 13.8. The molecule has 4 aromatic rings. The number of nitrogens with zero attached hydrogens (tertiary/aromatic N) is 4. The van der Waals surface area contributed by atoms with Gasteiger partial charge < -0.3 is 9.30 Å². The summed E-state index contributed by atoms with van der Waals surface area (Å²) in [7, 11) is 0. The minimum Gasteiger partial charge on any atom is -0.484 e. The second kappa shape index (κ2) is 9.09. The number of hydrogen-bond acceptors (Lipinski definition) is 5. The minimum absolute atomic E-state index is 0.0248. The Bertz CT molecular complexity index is 1120. The highest BCUT2D eigenvalue weighted by Gasteiger charge is 2.20. The second-order valence-corrected chi connectivity index (χ2v) is 8.23. The van der Waals surface area contributed by atoms with Crippen molar-refractivity contribution in [3.63, 3.8) is 0 Å². The van der Waals surface area contributed by atoms with Crippen LogP contribution in [0.4, 0.5) is 5.13 Å². The van der Waals surface area contributed by atoms with Gasteiger partial charge in [0.15, 0.2) is 11.7 Å². The Hall–Kier alpha value is -3.19. The number of thiazole rings is 1. The summed E-state index contributed by atoms with van der Waals surface area (Å²) in [5.41, 5.74) is 3.21. The molecule has 0 aliphatic heterocycles. The van der Waals surface area contributed by atoms with Gasteiger partial charge in [-0.2, -0.15) is 0 Å². The fourth-order valence-corrected chi connectivity index (χ4v) is 4.29. The largest absolute Gasteiger partial charge is 0.484 e. The molecular weight excluding hydrogens is 396 g/mol. The lowest BCUT2D eigenvalue weighted by molar-refractivity contribution is -0.120. The number of anilines is 1. The van der Waals surface area contributed by atoms with Crippen molar-refractivity contribution >= 4 is 32.6 Å². The Morgan fingerprint density at radius 2 is 2.00 bits per heavy atom. The second-order valence-electron chi connectivity index (χ2n) is 7.22. The van der Waals surface area contributed by atoms with Gasteiger partial charge >= 0.3 is 0 Å². The van der Waals surface area contributed by atoms with E-state index in [1.807, 2.05) is 67.1 Å². The Balaban J connectivity index is 1.51. The molecule has 0 unspecified atom stereocenters. The van der Waals surface area contributed by atoms with Crippen LogP contribution in [-0.4, -0.2) is 33.6 Å². The lowest BCUT2D eigenvalue weighted by atomic mass is 10.2. The molecule has 0 fully saturated rings. The van der Waals surface area contributed by atoms with Gasteiger partial charge in [-0.3, -0.25) is 9.69 Å². The molecule has 30 heavy (non-hydrogen) atoms. The number of aromatic nitrogens is 3. The summed E-state index contributed by atoms with van der Waals surface area (Å²) < 4.78 is 8.83. The number of imidazole rings is 1. The molecule has 0 N–H and O–H groups in total. The molecule has 1 amide bonds. The van der Waals surface area contributed by atoms with Crippen molar-refractivity contribution in [2.45, 2.75) is 26.8 Å². The molecule has 4 rings (SSSR count). The summed E-state index contributed by atoms with van der Waals surface area (Å²) in [6.07, 6.45) is 6.26. The number of carbonyl (C=O) groups is 1. The zero-order valence-corrected chi connectivity index (χ0v) is 17.9. The van der Waals surface area contributed by atoms with Crippen LogP contribution >= 0.6 is 11.3 Å². The highest BCUT2D eigenvalue weighted by molar-refractivity contribution is 7.22. The number of amides is 1. The molecular formula is C23H24N4O2S. The number of para-hydroxylation sites is 1. The lowest BCUT2D eigenvalue weighted by Gasteiger charge is -2.20. The van der Waals surface area contributed by atoms with Crippen molar-refractivity contribution < 1.29 is 9.53 Å². The van der Waals surface area contributed by atoms with E-state index in [1.165, 1.54) is 11.3 Å². The van der Waals surface area contributed by atoms with Gasteiger partial charge in [-0.1, -0.05) is 41.2 Å². The van der Waals surface area contributed by atoms with Crippen LogP contribution in [0.5, 0.6) is 5.75 Å². The smallest absolute Gasteiger partial charge is 0.266 e. The molecule has 0 aliphatic carbocycles. The number of ether oxygens (including phenoxy) is 1. The van der Waals surface area contributed by atoms with E-state index in [0.29, 0.717) is 17.4 Å². The predicted octanol–water partition coefficient (Wildman–Crippen LogP) is 4.61. The highest BCUT2D eigenvalue weighted by atomic mass is 32.1. The molecule has 0 aliphatic rings. The van der Waals surface area contributed by atoms with Crippen LogP contribution in [0.3, 0.4) is 0 Å². The third-order valence-corrected chi connectivity index (χ3v) is 5.93. The van der Waals surface area contributed by atoms with E-state index < -0.39 is 0 Å². The van der Waals surface area contributed by atoms with Crippen molar-refractivity contribution in [2.75, 3.05) is 18.1 Å². The normalized spacial score (nSPS) is 11.0. The summed E-state index contributed by atoms with van der Waals surface area (Å²) in [5, 5.41) is 0.711. The molecule has 0 atom stereocenters. The topological polar surface area (TPSA) is 60.2 Å². The maximum Gasteiger partial charge on any atom is 0.266 e. The Kier molecular flexibility index (Phi) is 6.09. The molecule has 0 saturated heterocycles. The van der Waals surface area contributed by atoms with Crippen molar-refractivity contribution in [3.8, 4) is 5.75 Å². The van der Waals surface area contributed by atoms with Gasteiger partial charge in [0.2, 0.25) is 0 Å². The third kappa shape index (κ3) is 4.68. The maximum absolute atomic E-state index is 13.1. The van der Waals surface area contributed by atoms with Gasteiger partial charge in [0.25, 0.3) is 5.91 Å². The van der Waals surface area contributed by atoms with Crippen LogP contribution < -0.4 is 9.64 Å². The van der Waals surface area contributed by atoms with Gasteiger partial charge in [-0.15, -0.1) is 0 Å². The maximum atomic E-state index is 13.1. The standard InChI is InChI=1S/C23H24N4O2S/c1-17-7-9-19(10-8-17)29-15-21(28)27(13-4-12-26-14-11-24-16-26)23-25-22-18(2)5-3-6-20(22)30-23/h3,5-11,14,16H,4,12-13,15H2,1-2H3. The molecule has 0 radical (unpaired) electrons. The zero-order chi connectivity index (χ0) is 20.9. The number of fused-ring (bicyclic) bond motifs is 1. The minimum atomic E-state index is -0.0992. The Morgan fingerprint density at radius 3 is 2.73 bits per heavy atom. The van der Waals surface area contributed by atoms with E-state index in [4.69, 9.17) is 9.72 Å². The number of rotatable bonds is 8. The van der Waals surface area contributed by atoms with E-state index >= 15 is 0 Å². The van der Waals surface area contributed by atoms with Gasteiger partial charge in [0.05, 0.1) is 16.5 Å². The predicted molar refractivity (Wildman–Crippen MR) is 120 cm³/mol. The van der Waals surface area contributed by atoms with Crippen molar-refractivity contribution in [1.82, 2.24) is 14.5 Å². The third-order valence-electron chi connectivity index (χ3n) is 4.88. The van der Waals surface area contributed by atoms with E-state index in [1.54, 1.807) is 17.4 Å². The van der Waals surface area contributed by atoms with Gasteiger partial charge in [-0.05, 0) is 44.0 Å². The lowest BCUT2D eigenvalue weighted by Crippen LogP contribution is -2.36. The van der Waals surface area contributed by atoms with E-state index in [-0.39, 0.29) is 12.5 Å². The fourth-order valence-electron chi connectivity index (χ4n) is 3.20. The molecule has 6 nitrogen and oxygen atoms in total. The van der Waals surface area contributed by atoms with Crippen LogP contribution in [0.2, 0.25) is 0 Å². The SMILES string of the molecule is Cc1ccc(OCC(=O)N(CCCn2ccnc2)c2nc3c(C)cccc3s2)cc1. The molecule has 2 aromatic heterocycles. The van der Waals surface area contributed by atoms with E-state index in [0.717, 1.165) is 34.3 Å². The quantitative estimate of drug-likeness (QED) is 0.418. The first-order valence-electron chi connectivity index (χ1n) is 9.92. The van der Waals surface area contributed by atoms with Crippen molar-refractivity contribution in [1.29, 1.82) is 0 Å². The Labute approximate surface area is 179 Å². The average molecular weight is 421 g/mol. The summed E-state index contributed by atoms with van der Waals surface area (Å²) >= 11 is 1.54. The number of hydrogen-bond donors (Lipinski definition) is 0. The van der Waals surface area contributed by atoms with Crippen LogP contribution in [0.1, 0.15) is 17.5 Å². The molecule has 0 bridgehead atoms. The van der Waals surface area contributed by atoms with Crippen molar-refractivity contribution in [2.24, 2.45) is 0 Å². The number of carbonyl (C=O) groups excluding carboxylic acids is 1. The molecule has 0 saturated carbocycles.